The molecular formula is C18H22BrNO2S. The summed E-state index contributed by atoms with van der Waals surface area (Å²) in [7, 11) is -3.59. The molecule has 0 aromatic heterocycles. The predicted octanol–water partition coefficient (Wildman–Crippen LogP) is 4.86. The highest BCUT2D eigenvalue weighted by molar-refractivity contribution is 9.10. The summed E-state index contributed by atoms with van der Waals surface area (Å²) < 4.78 is 28.7. The number of rotatable bonds is 6. The van der Waals surface area contributed by atoms with E-state index in [9.17, 15) is 8.42 Å². The van der Waals surface area contributed by atoms with Crippen LogP contribution in [0.1, 0.15) is 26.3 Å². The predicted molar refractivity (Wildman–Crippen MR) is 99.3 cm³/mol. The third-order valence-electron chi connectivity index (χ3n) is 3.57. The van der Waals surface area contributed by atoms with Gasteiger partial charge in [0.25, 0.3) is 10.0 Å². The fourth-order valence-corrected chi connectivity index (χ4v) is 4.37. The molecule has 0 fully saturated rings. The number of benzene rings is 2. The molecule has 124 valence electrons. The molecular weight excluding hydrogens is 374 g/mol. The van der Waals surface area contributed by atoms with Crippen molar-refractivity contribution in [2.75, 3.05) is 10.8 Å². The number of para-hydroxylation sites is 1. The van der Waals surface area contributed by atoms with Gasteiger partial charge in [-0.15, -0.1) is 0 Å². The van der Waals surface area contributed by atoms with E-state index in [1.807, 2.05) is 45.0 Å². The van der Waals surface area contributed by atoms with Gasteiger partial charge in [-0.1, -0.05) is 54.9 Å². The van der Waals surface area contributed by atoms with Crippen LogP contribution < -0.4 is 4.31 Å². The molecule has 0 saturated heterocycles. The summed E-state index contributed by atoms with van der Waals surface area (Å²) in [6.07, 6.45) is 0.792. The van der Waals surface area contributed by atoms with Gasteiger partial charge in [-0.25, -0.2) is 8.42 Å². The van der Waals surface area contributed by atoms with Crippen LogP contribution in [0.3, 0.4) is 0 Å². The maximum Gasteiger partial charge on any atom is 0.264 e. The van der Waals surface area contributed by atoms with Gasteiger partial charge in [0.2, 0.25) is 0 Å². The summed E-state index contributed by atoms with van der Waals surface area (Å²) >= 11 is 3.35. The molecule has 3 nitrogen and oxygen atoms in total. The van der Waals surface area contributed by atoms with Crippen LogP contribution in [0.5, 0.6) is 0 Å². The Morgan fingerprint density at radius 3 is 2.22 bits per heavy atom. The maximum atomic E-state index is 13.2. The van der Waals surface area contributed by atoms with E-state index in [0.29, 0.717) is 11.4 Å². The van der Waals surface area contributed by atoms with E-state index < -0.39 is 10.0 Å². The van der Waals surface area contributed by atoms with Crippen molar-refractivity contribution in [2.45, 2.75) is 32.1 Å². The van der Waals surface area contributed by atoms with Gasteiger partial charge >= 0.3 is 0 Å². The van der Waals surface area contributed by atoms with Crippen LogP contribution in [-0.2, 0) is 16.4 Å². The van der Waals surface area contributed by atoms with Crippen molar-refractivity contribution in [3.05, 3.63) is 58.6 Å². The van der Waals surface area contributed by atoms with Gasteiger partial charge in [0.15, 0.2) is 0 Å². The van der Waals surface area contributed by atoms with Crippen molar-refractivity contribution >= 4 is 31.6 Å². The maximum absolute atomic E-state index is 13.2. The van der Waals surface area contributed by atoms with E-state index in [1.54, 1.807) is 28.6 Å². The Morgan fingerprint density at radius 1 is 1.04 bits per heavy atom. The summed E-state index contributed by atoms with van der Waals surface area (Å²) in [5, 5.41) is 0. The molecule has 0 bridgehead atoms. The van der Waals surface area contributed by atoms with Crippen LogP contribution in [0.4, 0.5) is 5.69 Å². The number of aryl methyl sites for hydroxylation is 1. The summed E-state index contributed by atoms with van der Waals surface area (Å²) in [5.41, 5.74) is 1.81. The van der Waals surface area contributed by atoms with Gasteiger partial charge in [0.05, 0.1) is 10.6 Å². The minimum Gasteiger partial charge on any atom is -0.266 e. The van der Waals surface area contributed by atoms with Crippen LogP contribution in [0.25, 0.3) is 0 Å². The number of nitrogens with zero attached hydrogens (tertiary/aromatic N) is 1. The summed E-state index contributed by atoms with van der Waals surface area (Å²) in [6, 6.07) is 14.5. The fraction of sp³-hybridized carbons (Fsp3) is 0.333. The molecule has 0 unspecified atom stereocenters. The third kappa shape index (κ3) is 4.15. The highest BCUT2D eigenvalue weighted by Crippen LogP contribution is 2.29. The summed E-state index contributed by atoms with van der Waals surface area (Å²) in [5.74, 6) is 0.227. The second kappa shape index (κ2) is 7.49. The molecule has 0 saturated carbocycles. The van der Waals surface area contributed by atoms with Crippen molar-refractivity contribution < 1.29 is 8.42 Å². The number of halogens is 1. The lowest BCUT2D eigenvalue weighted by atomic mass is 10.1. The Kier molecular flexibility index (Phi) is 5.87. The molecule has 0 spiro atoms. The smallest absolute Gasteiger partial charge is 0.264 e. The average molecular weight is 396 g/mol. The monoisotopic (exact) mass is 395 g/mol. The van der Waals surface area contributed by atoms with Crippen molar-refractivity contribution in [1.29, 1.82) is 0 Å². The Balaban J connectivity index is 2.56. The topological polar surface area (TPSA) is 37.4 Å². The number of hydrogen-bond donors (Lipinski definition) is 0. The fourth-order valence-electron chi connectivity index (χ4n) is 2.44. The Bertz CT molecular complexity index is 755. The molecule has 0 aliphatic rings. The van der Waals surface area contributed by atoms with Gasteiger partial charge in [-0.2, -0.15) is 0 Å². The average Bonchev–Trinajstić information content (AvgIpc) is 2.52. The first-order chi connectivity index (χ1) is 10.9. The Hall–Kier alpha value is -1.33. The molecule has 0 radical (unpaired) electrons. The zero-order valence-electron chi connectivity index (χ0n) is 13.7. The second-order valence-corrected chi connectivity index (χ2v) is 8.64. The van der Waals surface area contributed by atoms with Crippen LogP contribution in [-0.4, -0.2) is 15.0 Å². The van der Waals surface area contributed by atoms with Crippen molar-refractivity contribution in [2.24, 2.45) is 5.92 Å². The molecule has 0 heterocycles. The molecule has 2 rings (SSSR count). The standard InChI is InChI=1S/C18H22BrNO2S/c1-4-15-7-5-6-8-18(15)20(13-14(2)3)23(21,22)17-11-9-16(19)10-12-17/h5-12,14H,4,13H2,1-3H3. The van der Waals surface area contributed by atoms with E-state index in [1.165, 1.54) is 0 Å². The molecule has 0 aliphatic carbocycles. The first kappa shape index (κ1) is 18.0. The molecule has 0 aliphatic heterocycles. The molecule has 0 N–H and O–H groups in total. The molecule has 0 amide bonds. The quantitative estimate of drug-likeness (QED) is 0.699. The van der Waals surface area contributed by atoms with E-state index in [2.05, 4.69) is 15.9 Å². The van der Waals surface area contributed by atoms with Gasteiger partial charge in [0, 0.05) is 11.0 Å². The SMILES string of the molecule is CCc1ccccc1N(CC(C)C)S(=O)(=O)c1ccc(Br)cc1. The van der Waals surface area contributed by atoms with Crippen LogP contribution >= 0.6 is 15.9 Å². The lowest BCUT2D eigenvalue weighted by Gasteiger charge is -2.28. The molecule has 23 heavy (non-hydrogen) atoms. The molecule has 0 atom stereocenters. The third-order valence-corrected chi connectivity index (χ3v) is 5.90. The van der Waals surface area contributed by atoms with Gasteiger partial charge in [-0.3, -0.25) is 4.31 Å². The number of anilines is 1. The minimum atomic E-state index is -3.59. The molecule has 2 aromatic carbocycles. The largest absolute Gasteiger partial charge is 0.266 e. The summed E-state index contributed by atoms with van der Waals surface area (Å²) in [6.45, 7) is 6.55. The Labute approximate surface area is 147 Å². The zero-order valence-corrected chi connectivity index (χ0v) is 16.1. The first-order valence-corrected chi connectivity index (χ1v) is 9.95. The van der Waals surface area contributed by atoms with Crippen molar-refractivity contribution in [1.82, 2.24) is 0 Å². The highest BCUT2D eigenvalue weighted by Gasteiger charge is 2.26. The van der Waals surface area contributed by atoms with E-state index in [-0.39, 0.29) is 5.92 Å². The number of hydrogen-bond acceptors (Lipinski definition) is 2. The first-order valence-electron chi connectivity index (χ1n) is 7.72. The highest BCUT2D eigenvalue weighted by atomic mass is 79.9. The number of sulfonamides is 1. The normalized spacial score (nSPS) is 11.7. The zero-order chi connectivity index (χ0) is 17.0. The van der Waals surface area contributed by atoms with Crippen molar-refractivity contribution in [3.8, 4) is 0 Å². The lowest BCUT2D eigenvalue weighted by Crippen LogP contribution is -2.35. The minimum absolute atomic E-state index is 0.227. The van der Waals surface area contributed by atoms with Crippen LogP contribution in [0.15, 0.2) is 57.9 Å². The van der Waals surface area contributed by atoms with Gasteiger partial charge in [0.1, 0.15) is 0 Å². The lowest BCUT2D eigenvalue weighted by molar-refractivity contribution is 0.577. The van der Waals surface area contributed by atoms with Crippen LogP contribution in [0, 0.1) is 5.92 Å². The Morgan fingerprint density at radius 2 is 1.65 bits per heavy atom. The van der Waals surface area contributed by atoms with Gasteiger partial charge < -0.3 is 0 Å². The van der Waals surface area contributed by atoms with Crippen molar-refractivity contribution in [3.63, 3.8) is 0 Å². The molecule has 5 heteroatoms. The van der Waals surface area contributed by atoms with Crippen LogP contribution in [0.2, 0.25) is 0 Å². The van der Waals surface area contributed by atoms with E-state index in [4.69, 9.17) is 0 Å². The van der Waals surface area contributed by atoms with Gasteiger partial charge in [-0.05, 0) is 48.2 Å². The molecule has 2 aromatic rings. The second-order valence-electron chi connectivity index (χ2n) is 5.87. The summed E-state index contributed by atoms with van der Waals surface area (Å²) in [4.78, 5) is 0.312. The van der Waals surface area contributed by atoms with E-state index in [0.717, 1.165) is 22.1 Å². The van der Waals surface area contributed by atoms with E-state index >= 15 is 0 Å².